The van der Waals surface area contributed by atoms with Crippen LogP contribution in [0.15, 0.2) is 0 Å². The van der Waals surface area contributed by atoms with Gasteiger partial charge in [0.1, 0.15) is 6.54 Å². The minimum absolute atomic E-state index is 0.0651. The molecule has 102 valence electrons. The van der Waals surface area contributed by atoms with Crippen molar-refractivity contribution >= 4 is 23.6 Å². The Balaban J connectivity index is 2.02. The van der Waals surface area contributed by atoms with Crippen LogP contribution in [0.2, 0.25) is 0 Å². The zero-order valence-corrected chi connectivity index (χ0v) is 11.7. The summed E-state index contributed by atoms with van der Waals surface area (Å²) in [6.45, 7) is 0.122. The van der Waals surface area contributed by atoms with E-state index in [0.717, 1.165) is 44.3 Å². The minimum atomic E-state index is -0.307. The summed E-state index contributed by atoms with van der Waals surface area (Å²) in [5.74, 6) is 0.903. The molecule has 0 spiro atoms. The Bertz CT molecular complexity index is 309. The van der Waals surface area contributed by atoms with E-state index in [0.29, 0.717) is 0 Å². The van der Waals surface area contributed by atoms with Gasteiger partial charge in [0.05, 0.1) is 12.4 Å². The summed E-state index contributed by atoms with van der Waals surface area (Å²) in [4.78, 5) is 25.7. The molecule has 18 heavy (non-hydrogen) atoms. The molecule has 2 aliphatic rings. The lowest BCUT2D eigenvalue weighted by Gasteiger charge is -2.30. The average molecular weight is 271 g/mol. The maximum Gasteiger partial charge on any atom is 0.325 e. The number of carbonyl (C=O) groups excluding carboxylic acids is 2. The summed E-state index contributed by atoms with van der Waals surface area (Å²) < 4.78 is 4.71. The van der Waals surface area contributed by atoms with E-state index in [1.165, 1.54) is 7.11 Å². The van der Waals surface area contributed by atoms with Gasteiger partial charge in [-0.25, -0.2) is 0 Å². The summed E-state index contributed by atoms with van der Waals surface area (Å²) in [6.07, 6.45) is 6.44. The third-order valence-corrected chi connectivity index (χ3v) is 5.14. The predicted octanol–water partition coefficient (Wildman–Crippen LogP) is 1.83. The first kappa shape index (κ1) is 13.7. The molecule has 1 saturated carbocycles. The Morgan fingerprint density at radius 3 is 2.50 bits per heavy atom. The highest BCUT2D eigenvalue weighted by molar-refractivity contribution is 8.00. The van der Waals surface area contributed by atoms with Crippen LogP contribution in [0, 0.1) is 0 Å². The highest BCUT2D eigenvalue weighted by Crippen LogP contribution is 2.31. The number of rotatable bonds is 4. The predicted molar refractivity (Wildman–Crippen MR) is 71.5 cm³/mol. The minimum Gasteiger partial charge on any atom is -0.468 e. The second-order valence-corrected chi connectivity index (χ2v) is 6.29. The monoisotopic (exact) mass is 271 g/mol. The van der Waals surface area contributed by atoms with E-state index in [1.807, 2.05) is 0 Å². The van der Waals surface area contributed by atoms with Gasteiger partial charge in [0, 0.05) is 6.04 Å². The number of carbonyl (C=O) groups is 2. The molecule has 0 aromatic carbocycles. The van der Waals surface area contributed by atoms with Crippen LogP contribution in [0.25, 0.3) is 0 Å². The molecule has 0 bridgehead atoms. The molecule has 2 fully saturated rings. The molecule has 1 aliphatic heterocycles. The molecule has 4 nitrogen and oxygen atoms in total. The maximum absolute atomic E-state index is 12.5. The third-order valence-electron chi connectivity index (χ3n) is 3.78. The number of nitrogens with zero attached hydrogens (tertiary/aromatic N) is 1. The van der Waals surface area contributed by atoms with Gasteiger partial charge in [-0.15, -0.1) is 11.8 Å². The highest BCUT2D eigenvalue weighted by atomic mass is 32.2. The van der Waals surface area contributed by atoms with Crippen molar-refractivity contribution in [2.24, 2.45) is 0 Å². The fourth-order valence-electron chi connectivity index (χ4n) is 2.76. The molecule has 1 aliphatic carbocycles. The van der Waals surface area contributed by atoms with Crippen LogP contribution in [0.5, 0.6) is 0 Å². The first-order chi connectivity index (χ1) is 8.72. The van der Waals surface area contributed by atoms with Gasteiger partial charge in [-0.05, 0) is 31.4 Å². The first-order valence-corrected chi connectivity index (χ1v) is 7.76. The van der Waals surface area contributed by atoms with Gasteiger partial charge in [-0.1, -0.05) is 12.8 Å². The molecular formula is C13H21NO3S. The molecule has 0 aromatic heterocycles. The molecule has 0 N–H and O–H groups in total. The highest BCUT2D eigenvalue weighted by Gasteiger charge is 2.34. The van der Waals surface area contributed by atoms with Crippen molar-refractivity contribution in [3.8, 4) is 0 Å². The van der Waals surface area contributed by atoms with Gasteiger partial charge in [-0.2, -0.15) is 0 Å². The quantitative estimate of drug-likeness (QED) is 0.732. The standard InChI is InChI=1S/C13H21NO3S/c1-17-12(15)9-14(10-5-2-3-6-10)13(16)11-7-4-8-18-11/h10-11H,2-9H2,1H3. The van der Waals surface area contributed by atoms with Crippen molar-refractivity contribution in [3.05, 3.63) is 0 Å². The van der Waals surface area contributed by atoms with Crippen LogP contribution >= 0.6 is 11.8 Å². The number of hydrogen-bond acceptors (Lipinski definition) is 4. The topological polar surface area (TPSA) is 46.6 Å². The van der Waals surface area contributed by atoms with Crippen molar-refractivity contribution in [3.63, 3.8) is 0 Å². The van der Waals surface area contributed by atoms with E-state index in [1.54, 1.807) is 16.7 Å². The molecule has 1 saturated heterocycles. The van der Waals surface area contributed by atoms with Crippen molar-refractivity contribution in [1.29, 1.82) is 0 Å². The number of hydrogen-bond donors (Lipinski definition) is 0. The third kappa shape index (κ3) is 3.19. The van der Waals surface area contributed by atoms with E-state index < -0.39 is 0 Å². The first-order valence-electron chi connectivity index (χ1n) is 6.71. The Labute approximate surface area is 112 Å². The number of amides is 1. The molecule has 2 rings (SSSR count). The molecule has 5 heteroatoms. The van der Waals surface area contributed by atoms with Crippen LogP contribution in [-0.4, -0.2) is 47.5 Å². The van der Waals surface area contributed by atoms with Gasteiger partial charge in [-0.3, -0.25) is 9.59 Å². The van der Waals surface area contributed by atoms with Gasteiger partial charge >= 0.3 is 5.97 Å². The summed E-state index contributed by atoms with van der Waals surface area (Å²) in [5.41, 5.74) is 0. The van der Waals surface area contributed by atoms with Crippen molar-refractivity contribution < 1.29 is 14.3 Å². The van der Waals surface area contributed by atoms with Crippen molar-refractivity contribution in [1.82, 2.24) is 4.90 Å². The second kappa shape index (κ2) is 6.45. The zero-order chi connectivity index (χ0) is 13.0. The Kier molecular flexibility index (Phi) is 4.92. The van der Waals surface area contributed by atoms with Crippen LogP contribution in [0.1, 0.15) is 38.5 Å². The Hall–Kier alpha value is -0.710. The average Bonchev–Trinajstić information content (AvgIpc) is 3.06. The largest absolute Gasteiger partial charge is 0.468 e. The molecule has 0 aromatic rings. The molecular weight excluding hydrogens is 250 g/mol. The lowest BCUT2D eigenvalue weighted by molar-refractivity contribution is -0.148. The van der Waals surface area contributed by atoms with E-state index >= 15 is 0 Å². The summed E-state index contributed by atoms with van der Waals surface area (Å²) in [6, 6.07) is 0.248. The zero-order valence-electron chi connectivity index (χ0n) is 10.9. The van der Waals surface area contributed by atoms with Crippen LogP contribution < -0.4 is 0 Å². The van der Waals surface area contributed by atoms with E-state index in [4.69, 9.17) is 4.74 Å². The lowest BCUT2D eigenvalue weighted by atomic mass is 10.1. The Morgan fingerprint density at radius 2 is 1.94 bits per heavy atom. The molecule has 1 amide bonds. The Morgan fingerprint density at radius 1 is 1.22 bits per heavy atom. The van der Waals surface area contributed by atoms with E-state index in [2.05, 4.69) is 0 Å². The van der Waals surface area contributed by atoms with Gasteiger partial charge in [0.2, 0.25) is 5.91 Å². The van der Waals surface area contributed by atoms with Crippen LogP contribution in [-0.2, 0) is 14.3 Å². The molecule has 1 unspecified atom stereocenters. The lowest BCUT2D eigenvalue weighted by Crippen LogP contribution is -2.46. The number of methoxy groups -OCH3 is 1. The van der Waals surface area contributed by atoms with Crippen LogP contribution in [0.4, 0.5) is 0 Å². The smallest absolute Gasteiger partial charge is 0.325 e. The van der Waals surface area contributed by atoms with Gasteiger partial charge in [0.15, 0.2) is 0 Å². The maximum atomic E-state index is 12.5. The summed E-state index contributed by atoms with van der Waals surface area (Å²) >= 11 is 1.73. The SMILES string of the molecule is COC(=O)CN(C(=O)C1CCCS1)C1CCCC1. The fourth-order valence-corrected chi connectivity index (χ4v) is 3.99. The molecule has 1 heterocycles. The summed E-state index contributed by atoms with van der Waals surface area (Å²) in [7, 11) is 1.38. The van der Waals surface area contributed by atoms with E-state index in [-0.39, 0.29) is 29.7 Å². The molecule has 1 atom stereocenters. The van der Waals surface area contributed by atoms with Gasteiger partial charge in [0.25, 0.3) is 0 Å². The number of ether oxygens (including phenoxy) is 1. The number of thioether (sulfide) groups is 1. The van der Waals surface area contributed by atoms with Crippen molar-refractivity contribution in [2.75, 3.05) is 19.4 Å². The summed E-state index contributed by atoms with van der Waals surface area (Å²) in [5, 5.41) is 0.0651. The van der Waals surface area contributed by atoms with E-state index in [9.17, 15) is 9.59 Å². The number of esters is 1. The van der Waals surface area contributed by atoms with Crippen molar-refractivity contribution in [2.45, 2.75) is 49.8 Å². The second-order valence-electron chi connectivity index (χ2n) is 4.98. The fraction of sp³-hybridized carbons (Fsp3) is 0.846. The molecule has 0 radical (unpaired) electrons. The normalized spacial score (nSPS) is 24.2. The van der Waals surface area contributed by atoms with Gasteiger partial charge < -0.3 is 9.64 Å². The van der Waals surface area contributed by atoms with Crippen LogP contribution in [0.3, 0.4) is 0 Å².